The lowest BCUT2D eigenvalue weighted by molar-refractivity contribution is 0.102. The number of nitrogens with zero attached hydrogens (tertiary/aromatic N) is 3. The average Bonchev–Trinajstić information content (AvgIpc) is 3.17. The molecule has 0 bridgehead atoms. The van der Waals surface area contributed by atoms with Gasteiger partial charge in [-0.05, 0) is 30.9 Å². The molecule has 3 amide bonds. The summed E-state index contributed by atoms with van der Waals surface area (Å²) in [6, 6.07) is 9.25. The largest absolute Gasteiger partial charge is 0.338 e. The smallest absolute Gasteiger partial charge is 0.317 e. The van der Waals surface area contributed by atoms with E-state index in [1.165, 1.54) is 11.3 Å². The molecule has 27 heavy (non-hydrogen) atoms. The molecule has 2 heterocycles. The molecule has 144 valence electrons. The first-order valence-electron chi connectivity index (χ1n) is 9.25. The van der Waals surface area contributed by atoms with Gasteiger partial charge in [-0.25, -0.2) is 4.79 Å². The zero-order valence-electron chi connectivity index (χ0n) is 15.6. The minimum absolute atomic E-state index is 0.0278. The quantitative estimate of drug-likeness (QED) is 0.824. The van der Waals surface area contributed by atoms with Gasteiger partial charge in [-0.15, -0.1) is 10.2 Å². The number of hydrogen-bond acceptors (Lipinski definition) is 5. The number of rotatable bonds is 5. The Hall–Kier alpha value is -2.48. The maximum atomic E-state index is 12.4. The highest BCUT2D eigenvalue weighted by Gasteiger charge is 2.28. The van der Waals surface area contributed by atoms with Gasteiger partial charge in [0.15, 0.2) is 0 Å². The molecule has 8 heteroatoms. The Morgan fingerprint density at radius 1 is 1.26 bits per heavy atom. The summed E-state index contributed by atoms with van der Waals surface area (Å²) >= 11 is 1.31. The standard InChI is InChI=1S/C19H25N5O2S/c1-13(2)11-20-19(26)24-10-6-7-14(12-24)17-22-23-18(27-17)16(25)21-15-8-4-3-5-9-15/h3-5,8-9,13-14H,6-7,10-12H2,1-2H3,(H,20,26)(H,21,25). The lowest BCUT2D eigenvalue weighted by Crippen LogP contribution is -2.45. The summed E-state index contributed by atoms with van der Waals surface area (Å²) in [4.78, 5) is 26.5. The fraction of sp³-hybridized carbons (Fsp3) is 0.474. The number of nitrogens with one attached hydrogen (secondary N) is 2. The summed E-state index contributed by atoms with van der Waals surface area (Å²) in [7, 11) is 0. The molecular formula is C19H25N5O2S. The fourth-order valence-electron chi connectivity index (χ4n) is 2.96. The van der Waals surface area contributed by atoms with Crippen molar-refractivity contribution in [3.63, 3.8) is 0 Å². The molecule has 0 radical (unpaired) electrons. The predicted octanol–water partition coefficient (Wildman–Crippen LogP) is 3.34. The van der Waals surface area contributed by atoms with Gasteiger partial charge in [0.05, 0.1) is 0 Å². The van der Waals surface area contributed by atoms with E-state index in [2.05, 4.69) is 34.7 Å². The van der Waals surface area contributed by atoms with E-state index in [0.717, 1.165) is 30.1 Å². The van der Waals surface area contributed by atoms with E-state index in [-0.39, 0.29) is 17.9 Å². The molecule has 1 fully saturated rings. The van der Waals surface area contributed by atoms with Gasteiger partial charge in [0.25, 0.3) is 5.91 Å². The number of para-hydroxylation sites is 1. The molecule has 1 aromatic carbocycles. The van der Waals surface area contributed by atoms with Crippen LogP contribution in [0.4, 0.5) is 10.5 Å². The van der Waals surface area contributed by atoms with E-state index in [4.69, 9.17) is 0 Å². The van der Waals surface area contributed by atoms with Gasteiger partial charge in [0.1, 0.15) is 5.01 Å². The van der Waals surface area contributed by atoms with E-state index in [1.54, 1.807) is 0 Å². The number of carbonyl (C=O) groups is 2. The van der Waals surface area contributed by atoms with Crippen molar-refractivity contribution in [1.29, 1.82) is 0 Å². The number of amides is 3. The number of benzene rings is 1. The molecule has 2 aromatic rings. The molecule has 0 aliphatic carbocycles. The minimum Gasteiger partial charge on any atom is -0.338 e. The Labute approximate surface area is 163 Å². The molecule has 1 saturated heterocycles. The zero-order chi connectivity index (χ0) is 19.2. The molecule has 1 unspecified atom stereocenters. The Morgan fingerprint density at radius 2 is 2.04 bits per heavy atom. The molecule has 0 saturated carbocycles. The van der Waals surface area contributed by atoms with E-state index in [0.29, 0.717) is 24.0 Å². The molecular weight excluding hydrogens is 362 g/mol. The number of likely N-dealkylation sites (tertiary alicyclic amines) is 1. The van der Waals surface area contributed by atoms with Crippen LogP contribution in [0.25, 0.3) is 0 Å². The monoisotopic (exact) mass is 387 g/mol. The molecule has 2 N–H and O–H groups in total. The number of hydrogen-bond donors (Lipinski definition) is 2. The van der Waals surface area contributed by atoms with Gasteiger partial charge in [0, 0.05) is 31.2 Å². The maximum Gasteiger partial charge on any atom is 0.317 e. The van der Waals surface area contributed by atoms with E-state index < -0.39 is 0 Å². The third kappa shape index (κ3) is 5.26. The topological polar surface area (TPSA) is 87.2 Å². The van der Waals surface area contributed by atoms with E-state index in [9.17, 15) is 9.59 Å². The first-order chi connectivity index (χ1) is 13.0. The summed E-state index contributed by atoms with van der Waals surface area (Å²) in [5, 5.41) is 15.2. The number of aromatic nitrogens is 2. The number of anilines is 1. The predicted molar refractivity (Wildman–Crippen MR) is 106 cm³/mol. The van der Waals surface area contributed by atoms with Gasteiger partial charge in [0.2, 0.25) is 5.01 Å². The fourth-order valence-corrected chi connectivity index (χ4v) is 3.83. The molecule has 1 atom stereocenters. The average molecular weight is 388 g/mol. The summed E-state index contributed by atoms with van der Waals surface area (Å²) < 4.78 is 0. The van der Waals surface area contributed by atoms with Crippen LogP contribution in [0.1, 0.15) is 47.4 Å². The maximum absolute atomic E-state index is 12.4. The van der Waals surface area contributed by atoms with Crippen molar-refractivity contribution in [3.8, 4) is 0 Å². The summed E-state index contributed by atoms with van der Waals surface area (Å²) in [5.41, 5.74) is 0.727. The second-order valence-corrected chi connectivity index (χ2v) is 8.14. The molecule has 0 spiro atoms. The van der Waals surface area contributed by atoms with E-state index >= 15 is 0 Å². The second kappa shape index (κ2) is 8.94. The van der Waals surface area contributed by atoms with Crippen LogP contribution >= 0.6 is 11.3 Å². The van der Waals surface area contributed by atoms with Crippen molar-refractivity contribution >= 4 is 29.0 Å². The van der Waals surface area contributed by atoms with Crippen molar-refractivity contribution in [2.75, 3.05) is 25.0 Å². The lowest BCUT2D eigenvalue weighted by Gasteiger charge is -2.31. The first kappa shape index (κ1) is 19.3. The number of carbonyl (C=O) groups excluding carboxylic acids is 2. The van der Waals surface area contributed by atoms with Crippen molar-refractivity contribution in [3.05, 3.63) is 40.3 Å². The Bertz CT molecular complexity index is 777. The second-order valence-electron chi connectivity index (χ2n) is 7.13. The van der Waals surface area contributed by atoms with Gasteiger partial charge < -0.3 is 15.5 Å². The van der Waals surface area contributed by atoms with Crippen molar-refractivity contribution in [2.45, 2.75) is 32.6 Å². The summed E-state index contributed by atoms with van der Waals surface area (Å²) in [6.45, 7) is 6.17. The molecule has 1 aromatic heterocycles. The van der Waals surface area contributed by atoms with Crippen LogP contribution in [0.2, 0.25) is 0 Å². The highest BCUT2D eigenvalue weighted by Crippen LogP contribution is 2.29. The Balaban J connectivity index is 1.60. The van der Waals surface area contributed by atoms with Crippen LogP contribution in [0.15, 0.2) is 30.3 Å². The minimum atomic E-state index is -0.257. The molecule has 1 aliphatic heterocycles. The SMILES string of the molecule is CC(C)CNC(=O)N1CCCC(c2nnc(C(=O)Nc3ccccc3)s2)C1. The molecule has 1 aliphatic rings. The van der Waals surface area contributed by atoms with Crippen LogP contribution in [0.5, 0.6) is 0 Å². The Morgan fingerprint density at radius 3 is 2.78 bits per heavy atom. The first-order valence-corrected chi connectivity index (χ1v) is 10.1. The third-order valence-electron chi connectivity index (χ3n) is 4.39. The molecule has 3 rings (SSSR count). The normalized spacial score (nSPS) is 17.0. The van der Waals surface area contributed by atoms with E-state index in [1.807, 2.05) is 35.2 Å². The van der Waals surface area contributed by atoms with Gasteiger partial charge >= 0.3 is 6.03 Å². The summed E-state index contributed by atoms with van der Waals surface area (Å²) in [5.74, 6) is 0.287. The highest BCUT2D eigenvalue weighted by atomic mass is 32.1. The van der Waals surface area contributed by atoms with Crippen LogP contribution in [0.3, 0.4) is 0 Å². The lowest BCUT2D eigenvalue weighted by atomic mass is 9.99. The van der Waals surface area contributed by atoms with Crippen molar-refractivity contribution < 1.29 is 9.59 Å². The van der Waals surface area contributed by atoms with Crippen LogP contribution in [0, 0.1) is 5.92 Å². The van der Waals surface area contributed by atoms with Gasteiger partial charge in [-0.1, -0.05) is 43.4 Å². The van der Waals surface area contributed by atoms with Crippen LogP contribution in [-0.2, 0) is 0 Å². The number of urea groups is 1. The van der Waals surface area contributed by atoms with Crippen molar-refractivity contribution in [1.82, 2.24) is 20.4 Å². The molecule has 7 nitrogen and oxygen atoms in total. The highest BCUT2D eigenvalue weighted by molar-refractivity contribution is 7.13. The van der Waals surface area contributed by atoms with Crippen LogP contribution < -0.4 is 10.6 Å². The zero-order valence-corrected chi connectivity index (χ0v) is 16.5. The van der Waals surface area contributed by atoms with Gasteiger partial charge in [-0.3, -0.25) is 4.79 Å². The van der Waals surface area contributed by atoms with Gasteiger partial charge in [-0.2, -0.15) is 0 Å². The number of piperidine rings is 1. The van der Waals surface area contributed by atoms with Crippen LogP contribution in [-0.4, -0.2) is 46.7 Å². The third-order valence-corrected chi connectivity index (χ3v) is 5.47. The summed E-state index contributed by atoms with van der Waals surface area (Å²) in [6.07, 6.45) is 1.87. The Kier molecular flexibility index (Phi) is 6.39. The van der Waals surface area contributed by atoms with Crippen molar-refractivity contribution in [2.24, 2.45) is 5.92 Å².